The third-order valence-corrected chi connectivity index (χ3v) is 5.42. The number of rotatable bonds is 7. The number of benzene rings is 1. The second-order valence-corrected chi connectivity index (χ2v) is 7.91. The van der Waals surface area contributed by atoms with Gasteiger partial charge in [-0.05, 0) is 62.7 Å². The highest BCUT2D eigenvalue weighted by Gasteiger charge is 2.26. The molecule has 1 aromatic heterocycles. The Labute approximate surface area is 202 Å². The van der Waals surface area contributed by atoms with Crippen LogP contribution in [-0.2, 0) is 6.54 Å². The van der Waals surface area contributed by atoms with Gasteiger partial charge in [0.1, 0.15) is 11.5 Å². The van der Waals surface area contributed by atoms with Gasteiger partial charge >= 0.3 is 0 Å². The van der Waals surface area contributed by atoms with Gasteiger partial charge in [-0.15, -0.1) is 24.0 Å². The van der Waals surface area contributed by atoms with Gasteiger partial charge in [0.05, 0.1) is 6.04 Å². The zero-order chi connectivity index (χ0) is 21.5. The summed E-state index contributed by atoms with van der Waals surface area (Å²) < 4.78 is 5.93. The molecule has 0 spiro atoms. The van der Waals surface area contributed by atoms with Crippen molar-refractivity contribution in [3.05, 3.63) is 59.0 Å². The number of nitrogens with one attached hydrogen (secondary N) is 2. The van der Waals surface area contributed by atoms with E-state index in [2.05, 4.69) is 26.6 Å². The first-order valence-corrected chi connectivity index (χ1v) is 10.5. The molecule has 8 heteroatoms. The molecule has 1 atom stereocenters. The van der Waals surface area contributed by atoms with Crippen molar-refractivity contribution in [3.8, 4) is 0 Å². The number of hydrogen-bond donors (Lipinski definition) is 2. The van der Waals surface area contributed by atoms with Crippen LogP contribution in [-0.4, -0.2) is 62.4 Å². The molecule has 0 bridgehead atoms. The summed E-state index contributed by atoms with van der Waals surface area (Å²) in [7, 11) is 5.29. The molecule has 0 radical (unpaired) electrons. The summed E-state index contributed by atoms with van der Waals surface area (Å²) in [5.74, 6) is 2.69. The maximum atomic E-state index is 12.0. The molecule has 1 aromatic carbocycles. The number of aryl methyl sites for hydroxylation is 1. The lowest BCUT2D eigenvalue weighted by atomic mass is 10.1. The summed E-state index contributed by atoms with van der Waals surface area (Å²) in [5.41, 5.74) is 1.78. The van der Waals surface area contributed by atoms with Crippen molar-refractivity contribution in [2.24, 2.45) is 4.99 Å². The van der Waals surface area contributed by atoms with Gasteiger partial charge in [-0.25, -0.2) is 0 Å². The van der Waals surface area contributed by atoms with E-state index in [-0.39, 0.29) is 35.9 Å². The summed E-state index contributed by atoms with van der Waals surface area (Å²) in [6.07, 6.45) is 2.46. The molecule has 2 heterocycles. The van der Waals surface area contributed by atoms with Gasteiger partial charge < -0.3 is 20.0 Å². The number of guanidine groups is 1. The first-order valence-electron chi connectivity index (χ1n) is 10.5. The number of hydrogen-bond acceptors (Lipinski definition) is 4. The number of likely N-dealkylation sites (tertiary alicyclic amines) is 1. The van der Waals surface area contributed by atoms with Crippen LogP contribution in [0, 0.1) is 6.92 Å². The first-order chi connectivity index (χ1) is 14.5. The van der Waals surface area contributed by atoms with Gasteiger partial charge in [-0.2, -0.15) is 0 Å². The molecule has 0 aliphatic carbocycles. The van der Waals surface area contributed by atoms with E-state index < -0.39 is 0 Å². The third kappa shape index (κ3) is 6.96. The average molecular weight is 539 g/mol. The number of aliphatic imine (C=N–C) groups is 1. The fourth-order valence-electron chi connectivity index (χ4n) is 3.72. The van der Waals surface area contributed by atoms with Crippen molar-refractivity contribution in [2.45, 2.75) is 32.4 Å². The van der Waals surface area contributed by atoms with Crippen molar-refractivity contribution in [3.63, 3.8) is 0 Å². The van der Waals surface area contributed by atoms with Gasteiger partial charge in [-0.1, -0.05) is 12.1 Å². The van der Waals surface area contributed by atoms with Crippen LogP contribution in [0.2, 0.25) is 0 Å². The largest absolute Gasteiger partial charge is 0.465 e. The standard InChI is InChI=1S/C23H33N5O2.HI/c1-17-7-12-21(30-17)20(28-13-5-6-14-28)16-26-23(24-2)25-15-18-8-10-19(11-9-18)22(29)27(3)4;/h7-12,20H,5-6,13-16H2,1-4H3,(H2,24,25,26);1H. The molecule has 2 N–H and O–H groups in total. The van der Waals surface area contributed by atoms with E-state index in [0.717, 1.165) is 42.7 Å². The molecule has 31 heavy (non-hydrogen) atoms. The minimum absolute atomic E-state index is 0. The smallest absolute Gasteiger partial charge is 0.253 e. The average Bonchev–Trinajstić information content (AvgIpc) is 3.42. The van der Waals surface area contributed by atoms with Crippen LogP contribution in [0.5, 0.6) is 0 Å². The minimum Gasteiger partial charge on any atom is -0.465 e. The Morgan fingerprint density at radius 1 is 1.13 bits per heavy atom. The number of amides is 1. The fourth-order valence-corrected chi connectivity index (χ4v) is 3.72. The van der Waals surface area contributed by atoms with Gasteiger partial charge in [0.25, 0.3) is 5.91 Å². The summed E-state index contributed by atoms with van der Waals surface area (Å²) in [6.45, 7) is 5.52. The topological polar surface area (TPSA) is 73.1 Å². The Morgan fingerprint density at radius 2 is 1.81 bits per heavy atom. The Morgan fingerprint density at radius 3 is 2.35 bits per heavy atom. The highest BCUT2D eigenvalue weighted by Crippen LogP contribution is 2.26. The second-order valence-electron chi connectivity index (χ2n) is 7.91. The van der Waals surface area contributed by atoms with Crippen LogP contribution >= 0.6 is 24.0 Å². The van der Waals surface area contributed by atoms with E-state index in [4.69, 9.17) is 4.42 Å². The molecular weight excluding hydrogens is 505 g/mol. The molecule has 170 valence electrons. The molecule has 1 fully saturated rings. The van der Waals surface area contributed by atoms with Gasteiger partial charge in [0.2, 0.25) is 0 Å². The maximum absolute atomic E-state index is 12.0. The maximum Gasteiger partial charge on any atom is 0.253 e. The van der Waals surface area contributed by atoms with Crippen LogP contribution in [0.4, 0.5) is 0 Å². The number of carbonyl (C=O) groups is 1. The monoisotopic (exact) mass is 539 g/mol. The Bertz CT molecular complexity index is 857. The summed E-state index contributed by atoms with van der Waals surface area (Å²) in [6, 6.07) is 11.9. The Kier molecular flexibility index (Phi) is 9.83. The fraction of sp³-hybridized carbons (Fsp3) is 0.478. The number of halogens is 1. The quantitative estimate of drug-likeness (QED) is 0.321. The molecule has 1 saturated heterocycles. The van der Waals surface area contributed by atoms with Crippen LogP contribution in [0.15, 0.2) is 45.8 Å². The predicted molar refractivity (Wildman–Crippen MR) is 135 cm³/mol. The highest BCUT2D eigenvalue weighted by molar-refractivity contribution is 14.0. The van der Waals surface area contributed by atoms with E-state index >= 15 is 0 Å². The van der Waals surface area contributed by atoms with Crippen molar-refractivity contribution >= 4 is 35.8 Å². The Hall–Kier alpha value is -2.07. The summed E-state index contributed by atoms with van der Waals surface area (Å²) >= 11 is 0. The molecule has 2 aromatic rings. The number of carbonyl (C=O) groups excluding carboxylic acids is 1. The van der Waals surface area contributed by atoms with Crippen LogP contribution in [0.3, 0.4) is 0 Å². The predicted octanol–water partition coefficient (Wildman–Crippen LogP) is 3.41. The van der Waals surface area contributed by atoms with E-state index in [1.54, 1.807) is 26.0 Å². The van der Waals surface area contributed by atoms with Crippen LogP contribution in [0.1, 0.15) is 46.3 Å². The normalized spacial score (nSPS) is 15.3. The molecule has 0 saturated carbocycles. The molecule has 3 rings (SSSR count). The van der Waals surface area contributed by atoms with Gasteiger partial charge in [-0.3, -0.25) is 14.7 Å². The zero-order valence-electron chi connectivity index (χ0n) is 18.9. The summed E-state index contributed by atoms with van der Waals surface area (Å²) in [5, 5.41) is 6.80. The second kappa shape index (κ2) is 12.1. The van der Waals surface area contributed by atoms with Crippen molar-refractivity contribution < 1.29 is 9.21 Å². The lowest BCUT2D eigenvalue weighted by molar-refractivity contribution is 0.0827. The van der Waals surface area contributed by atoms with E-state index in [1.807, 2.05) is 37.3 Å². The number of furan rings is 1. The van der Waals surface area contributed by atoms with Crippen LogP contribution in [0.25, 0.3) is 0 Å². The molecule has 1 amide bonds. The van der Waals surface area contributed by atoms with Gasteiger partial charge in [0.15, 0.2) is 5.96 Å². The van der Waals surface area contributed by atoms with E-state index in [1.165, 1.54) is 12.8 Å². The number of nitrogens with zero attached hydrogens (tertiary/aromatic N) is 3. The zero-order valence-corrected chi connectivity index (χ0v) is 21.2. The van der Waals surface area contributed by atoms with Crippen LogP contribution < -0.4 is 10.6 Å². The van der Waals surface area contributed by atoms with Crippen molar-refractivity contribution in [1.29, 1.82) is 0 Å². The molecule has 1 aliphatic rings. The molecule has 1 aliphatic heterocycles. The Balaban J connectivity index is 0.00000341. The molecule has 7 nitrogen and oxygen atoms in total. The molecular formula is C23H34IN5O2. The van der Waals surface area contributed by atoms with Gasteiger partial charge in [0, 0.05) is 39.8 Å². The van der Waals surface area contributed by atoms with E-state index in [0.29, 0.717) is 12.1 Å². The minimum atomic E-state index is 0. The third-order valence-electron chi connectivity index (χ3n) is 5.42. The van der Waals surface area contributed by atoms with Crippen molar-refractivity contribution in [1.82, 2.24) is 20.4 Å². The van der Waals surface area contributed by atoms with Crippen molar-refractivity contribution in [2.75, 3.05) is 40.8 Å². The summed E-state index contributed by atoms with van der Waals surface area (Å²) in [4.78, 5) is 20.4. The first kappa shape index (κ1) is 25.2. The lowest BCUT2D eigenvalue weighted by Crippen LogP contribution is -2.42. The molecule has 1 unspecified atom stereocenters. The SMILES string of the molecule is CN=C(NCc1ccc(C(=O)N(C)C)cc1)NCC(c1ccc(C)o1)N1CCCC1.I. The lowest BCUT2D eigenvalue weighted by Gasteiger charge is -2.26. The highest BCUT2D eigenvalue weighted by atomic mass is 127. The van der Waals surface area contributed by atoms with E-state index in [9.17, 15) is 4.79 Å².